The zero-order valence-electron chi connectivity index (χ0n) is 9.42. The molecule has 1 saturated heterocycles. The highest BCUT2D eigenvalue weighted by atomic mass is 35.5. The van der Waals surface area contributed by atoms with Crippen molar-refractivity contribution in [1.82, 2.24) is 4.90 Å². The van der Waals surface area contributed by atoms with E-state index >= 15 is 0 Å². The van der Waals surface area contributed by atoms with E-state index in [1.807, 2.05) is 4.90 Å². The van der Waals surface area contributed by atoms with Crippen molar-refractivity contribution in [3.8, 4) is 0 Å². The van der Waals surface area contributed by atoms with Crippen LogP contribution in [0, 0.1) is 0 Å². The summed E-state index contributed by atoms with van der Waals surface area (Å²) in [4.78, 5) is 12.9. The Morgan fingerprint density at radius 3 is 2.62 bits per heavy atom. The third kappa shape index (κ3) is 1.93. The van der Waals surface area contributed by atoms with Crippen molar-refractivity contribution in [2.45, 2.75) is 55.6 Å². The van der Waals surface area contributed by atoms with E-state index in [0.29, 0.717) is 6.61 Å². The lowest BCUT2D eigenvalue weighted by atomic mass is 10.1. The van der Waals surface area contributed by atoms with E-state index in [9.17, 15) is 4.79 Å². The quantitative estimate of drug-likeness (QED) is 0.719. The molecule has 1 aliphatic heterocycles. The van der Waals surface area contributed by atoms with Crippen molar-refractivity contribution >= 4 is 29.1 Å². The van der Waals surface area contributed by atoms with Gasteiger partial charge in [-0.25, -0.2) is 0 Å². The van der Waals surface area contributed by atoms with Crippen LogP contribution in [0.1, 0.15) is 39.0 Å². The number of hydrogen-bond donors (Lipinski definition) is 0. The van der Waals surface area contributed by atoms with E-state index in [1.165, 1.54) is 0 Å². The highest BCUT2D eigenvalue weighted by Gasteiger charge is 2.51. The molecule has 1 heterocycles. The van der Waals surface area contributed by atoms with Crippen LogP contribution >= 0.6 is 23.2 Å². The molecule has 0 aromatic rings. The summed E-state index contributed by atoms with van der Waals surface area (Å²) in [5.41, 5.74) is -0.403. The van der Waals surface area contributed by atoms with Crippen molar-refractivity contribution in [2.75, 3.05) is 6.61 Å². The van der Waals surface area contributed by atoms with E-state index < -0.39 is 10.6 Å². The molecular weight excluding hydrogens is 249 g/mol. The summed E-state index contributed by atoms with van der Waals surface area (Å²) in [5.74, 6) is -0.199. The Hall–Kier alpha value is 0.01000. The van der Waals surface area contributed by atoms with Gasteiger partial charge in [0.25, 0.3) is 5.91 Å². The number of halogens is 2. The van der Waals surface area contributed by atoms with Crippen LogP contribution in [-0.4, -0.2) is 34.0 Å². The second-order valence-corrected chi connectivity index (χ2v) is 5.63. The normalized spacial score (nSPS) is 28.2. The minimum absolute atomic E-state index is 0.130. The van der Waals surface area contributed by atoms with Gasteiger partial charge in [0.05, 0.1) is 12.6 Å². The molecule has 1 unspecified atom stereocenters. The van der Waals surface area contributed by atoms with Crippen molar-refractivity contribution in [1.29, 1.82) is 0 Å². The van der Waals surface area contributed by atoms with Crippen molar-refractivity contribution in [2.24, 2.45) is 0 Å². The van der Waals surface area contributed by atoms with Crippen LogP contribution in [0.15, 0.2) is 0 Å². The fourth-order valence-corrected chi connectivity index (χ4v) is 3.04. The maximum atomic E-state index is 12.1. The standard InChI is InChI=1S/C11H17Cl2NO2/c1-2-8-7-16-11(5-3-4-6-11)14(8)10(15)9(12)13/h8-9H,2-7H2,1H3. The summed E-state index contributed by atoms with van der Waals surface area (Å²) in [6, 6.07) is 0.130. The molecule has 3 nitrogen and oxygen atoms in total. The predicted molar refractivity (Wildman–Crippen MR) is 63.6 cm³/mol. The second kappa shape index (κ2) is 4.71. The van der Waals surface area contributed by atoms with Crippen LogP contribution in [-0.2, 0) is 9.53 Å². The Morgan fingerprint density at radius 2 is 2.12 bits per heavy atom. The van der Waals surface area contributed by atoms with Crippen molar-refractivity contribution in [3.63, 3.8) is 0 Å². The Labute approximate surface area is 106 Å². The highest BCUT2D eigenvalue weighted by molar-refractivity contribution is 6.53. The van der Waals surface area contributed by atoms with E-state index in [4.69, 9.17) is 27.9 Å². The minimum Gasteiger partial charge on any atom is -0.353 e. The molecule has 2 aliphatic rings. The number of ether oxygens (including phenoxy) is 1. The molecule has 92 valence electrons. The monoisotopic (exact) mass is 265 g/mol. The van der Waals surface area contributed by atoms with Gasteiger partial charge >= 0.3 is 0 Å². The Bertz CT molecular complexity index is 277. The van der Waals surface area contributed by atoms with Crippen molar-refractivity contribution in [3.05, 3.63) is 0 Å². The average Bonchev–Trinajstić information content (AvgIpc) is 2.86. The first-order valence-corrected chi connectivity index (χ1v) is 6.73. The maximum absolute atomic E-state index is 12.1. The lowest BCUT2D eigenvalue weighted by molar-refractivity contribution is -0.148. The molecule has 2 rings (SSSR count). The van der Waals surface area contributed by atoms with Gasteiger partial charge in [-0.2, -0.15) is 0 Å². The minimum atomic E-state index is -0.978. The molecule has 1 atom stereocenters. The fourth-order valence-electron chi connectivity index (χ4n) is 2.83. The first-order valence-electron chi connectivity index (χ1n) is 5.86. The van der Waals surface area contributed by atoms with Crippen LogP contribution in [0.5, 0.6) is 0 Å². The number of carbonyl (C=O) groups is 1. The summed E-state index contributed by atoms with van der Waals surface area (Å²) >= 11 is 11.4. The van der Waals surface area contributed by atoms with E-state index in [1.54, 1.807) is 0 Å². The summed E-state index contributed by atoms with van der Waals surface area (Å²) in [6.45, 7) is 2.67. The van der Waals surface area contributed by atoms with Crippen LogP contribution in [0.4, 0.5) is 0 Å². The summed E-state index contributed by atoms with van der Waals surface area (Å²) in [5, 5.41) is 0. The SMILES string of the molecule is CCC1COC2(CCCC2)N1C(=O)C(Cl)Cl. The largest absolute Gasteiger partial charge is 0.353 e. The molecule has 1 saturated carbocycles. The van der Waals surface area contributed by atoms with E-state index in [-0.39, 0.29) is 11.9 Å². The summed E-state index contributed by atoms with van der Waals surface area (Å²) < 4.78 is 5.88. The number of nitrogens with zero attached hydrogens (tertiary/aromatic N) is 1. The van der Waals surface area contributed by atoms with Gasteiger partial charge in [0.2, 0.25) is 0 Å². The molecule has 0 aromatic heterocycles. The van der Waals surface area contributed by atoms with Gasteiger partial charge in [-0.15, -0.1) is 0 Å². The molecule has 5 heteroatoms. The Kier molecular flexibility index (Phi) is 3.67. The van der Waals surface area contributed by atoms with Crippen LogP contribution in [0.3, 0.4) is 0 Å². The molecule has 1 amide bonds. The zero-order valence-corrected chi connectivity index (χ0v) is 10.9. The molecule has 16 heavy (non-hydrogen) atoms. The third-order valence-electron chi connectivity index (χ3n) is 3.63. The number of hydrogen-bond acceptors (Lipinski definition) is 2. The first-order chi connectivity index (χ1) is 7.60. The Balaban J connectivity index is 2.23. The molecule has 0 radical (unpaired) electrons. The van der Waals surface area contributed by atoms with E-state index in [2.05, 4.69) is 6.92 Å². The van der Waals surface area contributed by atoms with Gasteiger partial charge in [0.15, 0.2) is 4.84 Å². The first kappa shape index (κ1) is 12.5. The van der Waals surface area contributed by atoms with Gasteiger partial charge in [0.1, 0.15) is 5.72 Å². The summed E-state index contributed by atoms with van der Waals surface area (Å²) in [7, 11) is 0. The molecule has 2 fully saturated rings. The van der Waals surface area contributed by atoms with Crippen LogP contribution < -0.4 is 0 Å². The number of rotatable bonds is 2. The van der Waals surface area contributed by atoms with Gasteiger partial charge in [-0.3, -0.25) is 4.79 Å². The number of alkyl halides is 2. The Morgan fingerprint density at radius 1 is 1.50 bits per heavy atom. The molecular formula is C11H17Cl2NO2. The molecule has 0 N–H and O–H groups in total. The predicted octanol–water partition coefficient (Wildman–Crippen LogP) is 2.70. The van der Waals surface area contributed by atoms with Crippen LogP contribution in [0.2, 0.25) is 0 Å². The lowest BCUT2D eigenvalue weighted by Crippen LogP contribution is -2.51. The smallest absolute Gasteiger partial charge is 0.258 e. The van der Waals surface area contributed by atoms with E-state index in [0.717, 1.165) is 32.1 Å². The molecule has 1 aliphatic carbocycles. The van der Waals surface area contributed by atoms with Gasteiger partial charge in [-0.1, -0.05) is 30.1 Å². The number of amides is 1. The maximum Gasteiger partial charge on any atom is 0.258 e. The van der Waals surface area contributed by atoms with Crippen molar-refractivity contribution < 1.29 is 9.53 Å². The number of carbonyl (C=O) groups excluding carboxylic acids is 1. The van der Waals surface area contributed by atoms with Gasteiger partial charge in [-0.05, 0) is 32.1 Å². The second-order valence-electron chi connectivity index (χ2n) is 4.54. The zero-order chi connectivity index (χ0) is 11.8. The summed E-state index contributed by atoms with van der Waals surface area (Å²) in [6.07, 6.45) is 4.92. The fraction of sp³-hybridized carbons (Fsp3) is 0.909. The van der Waals surface area contributed by atoms with Gasteiger partial charge in [0, 0.05) is 0 Å². The molecule has 1 spiro atoms. The highest BCUT2D eigenvalue weighted by Crippen LogP contribution is 2.43. The van der Waals surface area contributed by atoms with Gasteiger partial charge < -0.3 is 9.64 Å². The molecule has 0 aromatic carbocycles. The lowest BCUT2D eigenvalue weighted by Gasteiger charge is -2.36. The van der Waals surface area contributed by atoms with Crippen LogP contribution in [0.25, 0.3) is 0 Å². The third-order valence-corrected chi connectivity index (χ3v) is 4.00. The molecule has 0 bridgehead atoms. The topological polar surface area (TPSA) is 29.5 Å². The average molecular weight is 266 g/mol.